The van der Waals surface area contributed by atoms with Crippen LogP contribution in [0.15, 0.2) is 29.2 Å². The number of anilines is 1. The van der Waals surface area contributed by atoms with Gasteiger partial charge in [0, 0.05) is 37.1 Å². The number of nitrogens with zero attached hydrogens (tertiary/aromatic N) is 2. The Hall–Kier alpha value is -2.43. The Morgan fingerprint density at radius 1 is 1.17 bits per heavy atom. The third-order valence-electron chi connectivity index (χ3n) is 5.30. The number of benzene rings is 1. The van der Waals surface area contributed by atoms with Crippen molar-refractivity contribution in [3.63, 3.8) is 0 Å². The van der Waals surface area contributed by atoms with Crippen molar-refractivity contribution < 1.29 is 22.7 Å². The van der Waals surface area contributed by atoms with Crippen molar-refractivity contribution in [1.29, 1.82) is 0 Å². The van der Waals surface area contributed by atoms with Gasteiger partial charge >= 0.3 is 0 Å². The smallest absolute Gasteiger partial charge is 0.265 e. The zero-order valence-electron chi connectivity index (χ0n) is 17.0. The number of ether oxygens (including phenoxy) is 1. The average Bonchev–Trinajstić information content (AvgIpc) is 3.14. The minimum atomic E-state index is -3.76. The van der Waals surface area contributed by atoms with E-state index >= 15 is 0 Å². The molecule has 30 heavy (non-hydrogen) atoms. The topological polar surface area (TPSA) is 96.0 Å². The van der Waals surface area contributed by atoms with Crippen LogP contribution in [0.4, 0.5) is 5.69 Å². The van der Waals surface area contributed by atoms with E-state index in [1.165, 1.54) is 21.7 Å². The van der Waals surface area contributed by atoms with Crippen LogP contribution in [0.2, 0.25) is 0 Å². The van der Waals surface area contributed by atoms with Gasteiger partial charge < -0.3 is 15.0 Å². The van der Waals surface area contributed by atoms with Gasteiger partial charge in [0.25, 0.3) is 11.8 Å². The maximum atomic E-state index is 13.3. The molecule has 0 spiro atoms. The molecule has 1 aromatic heterocycles. The van der Waals surface area contributed by atoms with E-state index in [1.54, 1.807) is 24.8 Å². The van der Waals surface area contributed by atoms with Gasteiger partial charge in [0.1, 0.15) is 5.75 Å². The summed E-state index contributed by atoms with van der Waals surface area (Å²) in [6, 6.07) is 6.80. The van der Waals surface area contributed by atoms with E-state index in [1.807, 2.05) is 19.1 Å². The number of piperazine rings is 1. The molecule has 8 nitrogen and oxygen atoms in total. The fraction of sp³-hybridized carbons (Fsp3) is 0.400. The van der Waals surface area contributed by atoms with Gasteiger partial charge in [0.05, 0.1) is 15.5 Å². The largest absolute Gasteiger partial charge is 0.479 e. The Balaban J connectivity index is 1.52. The maximum Gasteiger partial charge on any atom is 0.265 e. The van der Waals surface area contributed by atoms with E-state index in [9.17, 15) is 18.0 Å². The molecule has 2 aromatic rings. The molecule has 3 heterocycles. The molecule has 0 aliphatic carbocycles. The SMILES string of the molecule is Cc1ccc(C(=O)N2CCN(S(=O)(=O)c3cc4c(cc3C)NC(=O)C(C)O4)CC2)s1. The molecule has 1 saturated heterocycles. The number of amides is 2. The molecule has 2 aliphatic rings. The van der Waals surface area contributed by atoms with E-state index in [-0.39, 0.29) is 29.8 Å². The summed E-state index contributed by atoms with van der Waals surface area (Å²) < 4.78 is 33.5. The highest BCUT2D eigenvalue weighted by molar-refractivity contribution is 7.89. The molecule has 4 rings (SSSR count). The molecular weight excluding hydrogens is 426 g/mol. The van der Waals surface area contributed by atoms with Crippen molar-refractivity contribution >= 4 is 38.9 Å². The highest BCUT2D eigenvalue weighted by Gasteiger charge is 2.33. The second kappa shape index (κ2) is 7.68. The number of nitrogens with one attached hydrogen (secondary N) is 1. The molecule has 0 bridgehead atoms. The zero-order valence-corrected chi connectivity index (χ0v) is 18.6. The van der Waals surface area contributed by atoms with E-state index in [4.69, 9.17) is 4.74 Å². The number of hydrogen-bond acceptors (Lipinski definition) is 6. The first-order valence-corrected chi connectivity index (χ1v) is 11.9. The van der Waals surface area contributed by atoms with Crippen LogP contribution in [-0.4, -0.2) is 61.7 Å². The van der Waals surface area contributed by atoms with Crippen molar-refractivity contribution in [3.8, 4) is 5.75 Å². The lowest BCUT2D eigenvalue weighted by Gasteiger charge is -2.34. The maximum absolute atomic E-state index is 13.3. The summed E-state index contributed by atoms with van der Waals surface area (Å²) >= 11 is 1.44. The molecule has 160 valence electrons. The first kappa shape index (κ1) is 20.8. The summed E-state index contributed by atoms with van der Waals surface area (Å²) in [7, 11) is -3.76. The summed E-state index contributed by atoms with van der Waals surface area (Å²) in [5.74, 6) is 0.0145. The second-order valence-corrected chi connectivity index (χ2v) is 10.7. The number of carbonyl (C=O) groups is 2. The van der Waals surface area contributed by atoms with Gasteiger partial charge in [-0.15, -0.1) is 11.3 Å². The molecule has 1 N–H and O–H groups in total. The van der Waals surface area contributed by atoms with E-state index in [0.29, 0.717) is 35.0 Å². The van der Waals surface area contributed by atoms with Crippen LogP contribution in [0.3, 0.4) is 0 Å². The van der Waals surface area contributed by atoms with Crippen LogP contribution in [0.1, 0.15) is 27.0 Å². The molecule has 1 atom stereocenters. The van der Waals surface area contributed by atoms with Gasteiger partial charge in [0.15, 0.2) is 6.10 Å². The van der Waals surface area contributed by atoms with Gasteiger partial charge in [-0.3, -0.25) is 9.59 Å². The number of hydrogen-bond donors (Lipinski definition) is 1. The monoisotopic (exact) mass is 449 g/mol. The minimum Gasteiger partial charge on any atom is -0.479 e. The fourth-order valence-corrected chi connectivity index (χ4v) is 6.08. The van der Waals surface area contributed by atoms with Gasteiger partial charge in [-0.05, 0) is 44.5 Å². The normalized spacial score (nSPS) is 19.8. The van der Waals surface area contributed by atoms with Crippen molar-refractivity contribution in [2.24, 2.45) is 0 Å². The Bertz CT molecular complexity index is 1120. The lowest BCUT2D eigenvalue weighted by Crippen LogP contribution is -2.50. The molecule has 2 amide bonds. The molecule has 0 radical (unpaired) electrons. The number of thiophene rings is 1. The first-order chi connectivity index (χ1) is 14.2. The Morgan fingerprint density at radius 2 is 1.87 bits per heavy atom. The lowest BCUT2D eigenvalue weighted by molar-refractivity contribution is -0.122. The van der Waals surface area contributed by atoms with Crippen LogP contribution in [0, 0.1) is 13.8 Å². The number of carbonyl (C=O) groups excluding carboxylic acids is 2. The Kier molecular flexibility index (Phi) is 5.33. The summed E-state index contributed by atoms with van der Waals surface area (Å²) in [4.78, 5) is 28.0. The van der Waals surface area contributed by atoms with E-state index in [2.05, 4.69) is 5.32 Å². The van der Waals surface area contributed by atoms with Gasteiger partial charge in [-0.2, -0.15) is 4.31 Å². The molecule has 1 aromatic carbocycles. The minimum absolute atomic E-state index is 0.0618. The summed E-state index contributed by atoms with van der Waals surface area (Å²) in [6.07, 6.45) is -0.689. The summed E-state index contributed by atoms with van der Waals surface area (Å²) in [5.41, 5.74) is 0.996. The van der Waals surface area contributed by atoms with Crippen molar-refractivity contribution in [2.45, 2.75) is 31.8 Å². The predicted octanol–water partition coefficient (Wildman–Crippen LogP) is 2.23. The number of rotatable bonds is 3. The van der Waals surface area contributed by atoms with Gasteiger partial charge in [-0.25, -0.2) is 8.42 Å². The van der Waals surface area contributed by atoms with Gasteiger partial charge in [0.2, 0.25) is 10.0 Å². The van der Waals surface area contributed by atoms with Crippen molar-refractivity contribution in [2.75, 3.05) is 31.5 Å². The van der Waals surface area contributed by atoms with Crippen LogP contribution in [0.25, 0.3) is 0 Å². The van der Waals surface area contributed by atoms with Crippen LogP contribution < -0.4 is 10.1 Å². The van der Waals surface area contributed by atoms with Gasteiger partial charge in [-0.1, -0.05) is 0 Å². The molecule has 1 unspecified atom stereocenters. The van der Waals surface area contributed by atoms with E-state index < -0.39 is 16.1 Å². The predicted molar refractivity (Wildman–Crippen MR) is 114 cm³/mol. The third kappa shape index (κ3) is 3.70. The quantitative estimate of drug-likeness (QED) is 0.775. The zero-order chi connectivity index (χ0) is 21.6. The van der Waals surface area contributed by atoms with Crippen LogP contribution >= 0.6 is 11.3 Å². The number of fused-ring (bicyclic) bond motifs is 1. The average molecular weight is 450 g/mol. The molecule has 2 aliphatic heterocycles. The molecule has 1 fully saturated rings. The lowest BCUT2D eigenvalue weighted by atomic mass is 10.1. The first-order valence-electron chi connectivity index (χ1n) is 9.65. The number of aryl methyl sites for hydroxylation is 2. The van der Waals surface area contributed by atoms with Crippen molar-refractivity contribution in [1.82, 2.24) is 9.21 Å². The van der Waals surface area contributed by atoms with Crippen LogP contribution in [-0.2, 0) is 14.8 Å². The summed E-state index contributed by atoms with van der Waals surface area (Å²) in [5, 5.41) is 2.73. The fourth-order valence-electron chi connectivity index (χ4n) is 3.60. The highest BCUT2D eigenvalue weighted by atomic mass is 32.2. The highest BCUT2D eigenvalue weighted by Crippen LogP contribution is 2.35. The van der Waals surface area contributed by atoms with Crippen molar-refractivity contribution in [3.05, 3.63) is 39.6 Å². The molecule has 0 saturated carbocycles. The number of sulfonamides is 1. The standard InChI is InChI=1S/C20H23N3O5S2/c1-12-10-15-16(28-14(3)19(24)21-15)11-18(12)30(26,27)23-8-6-22(7-9-23)20(25)17-5-4-13(2)29-17/h4-5,10-11,14H,6-9H2,1-3H3,(H,21,24). The Labute approximate surface area is 179 Å². The Morgan fingerprint density at radius 3 is 2.50 bits per heavy atom. The van der Waals surface area contributed by atoms with Crippen LogP contribution in [0.5, 0.6) is 5.75 Å². The molecule has 10 heteroatoms. The molecular formula is C20H23N3O5S2. The van der Waals surface area contributed by atoms with E-state index in [0.717, 1.165) is 4.88 Å². The summed E-state index contributed by atoms with van der Waals surface area (Å²) in [6.45, 7) is 6.37. The second-order valence-electron chi connectivity index (χ2n) is 7.47. The third-order valence-corrected chi connectivity index (χ3v) is 8.33.